The number of aromatic nitrogens is 3. The second kappa shape index (κ2) is 9.80. The lowest BCUT2D eigenvalue weighted by Crippen LogP contribution is -2.23. The topological polar surface area (TPSA) is 61.8 Å². The zero-order chi connectivity index (χ0) is 27.9. The lowest BCUT2D eigenvalue weighted by molar-refractivity contribution is 0.453. The molecule has 0 radical (unpaired) electrons. The molecule has 5 aromatic carbocycles. The number of benzene rings is 5. The first-order valence-electron chi connectivity index (χ1n) is 13.7. The molecule has 0 aliphatic heterocycles. The Balaban J connectivity index is 1.65. The highest BCUT2D eigenvalue weighted by atomic mass is 16.3. The number of phenolic OH excluding ortho intramolecular Hbond substituents is 1. The summed E-state index contributed by atoms with van der Waals surface area (Å²) < 4.78 is 0. The van der Waals surface area contributed by atoms with Crippen LogP contribution in [0.15, 0.2) is 115 Å². The molecule has 0 saturated heterocycles. The van der Waals surface area contributed by atoms with Crippen molar-refractivity contribution in [3.63, 3.8) is 0 Å². The summed E-state index contributed by atoms with van der Waals surface area (Å²) in [5, 5.41) is 23.5. The zero-order valence-corrected chi connectivity index (χ0v) is 23.3. The van der Waals surface area contributed by atoms with Gasteiger partial charge in [-0.3, -0.25) is 5.10 Å². The Bertz CT molecular complexity index is 1800. The van der Waals surface area contributed by atoms with E-state index in [9.17, 15) is 5.11 Å². The third-order valence-electron chi connectivity index (χ3n) is 8.36. The number of hydrogen-bond acceptors (Lipinski definition) is 3. The molecule has 0 aliphatic carbocycles. The van der Waals surface area contributed by atoms with Crippen LogP contribution in [0.5, 0.6) is 5.75 Å². The second-order valence-corrected chi connectivity index (χ2v) is 11.5. The Morgan fingerprint density at radius 1 is 0.550 bits per heavy atom. The predicted octanol–water partition coefficient (Wildman–Crippen LogP) is 8.65. The van der Waals surface area contributed by atoms with Gasteiger partial charge in [-0.1, -0.05) is 136 Å². The molecule has 4 nitrogen and oxygen atoms in total. The van der Waals surface area contributed by atoms with Crippen molar-refractivity contribution < 1.29 is 5.11 Å². The molecule has 0 aliphatic rings. The van der Waals surface area contributed by atoms with E-state index in [1.165, 1.54) is 5.56 Å². The smallest absolute Gasteiger partial charge is 0.127 e. The van der Waals surface area contributed by atoms with E-state index in [1.54, 1.807) is 0 Å². The largest absolute Gasteiger partial charge is 0.507 e. The van der Waals surface area contributed by atoms with Crippen molar-refractivity contribution in [1.29, 1.82) is 0 Å². The fourth-order valence-corrected chi connectivity index (χ4v) is 5.75. The van der Waals surface area contributed by atoms with Crippen LogP contribution in [0.25, 0.3) is 33.3 Å². The van der Waals surface area contributed by atoms with E-state index in [1.807, 2.05) is 36.4 Å². The van der Waals surface area contributed by atoms with Crippen molar-refractivity contribution in [1.82, 2.24) is 15.4 Å². The second-order valence-electron chi connectivity index (χ2n) is 11.5. The Morgan fingerprint density at radius 2 is 1.10 bits per heavy atom. The van der Waals surface area contributed by atoms with Crippen LogP contribution in [-0.4, -0.2) is 20.5 Å². The van der Waals surface area contributed by atoms with Crippen LogP contribution in [0.4, 0.5) is 0 Å². The van der Waals surface area contributed by atoms with Gasteiger partial charge in [-0.05, 0) is 39.9 Å². The number of rotatable bonds is 6. The number of phenols is 1. The number of aromatic hydroxyl groups is 1. The van der Waals surface area contributed by atoms with E-state index in [0.717, 1.165) is 50.0 Å². The van der Waals surface area contributed by atoms with Gasteiger partial charge in [-0.25, -0.2) is 0 Å². The van der Waals surface area contributed by atoms with Crippen LogP contribution in [0.1, 0.15) is 49.9 Å². The Morgan fingerprint density at radius 3 is 1.75 bits per heavy atom. The maximum atomic E-state index is 12.1. The van der Waals surface area contributed by atoms with Gasteiger partial charge in [0.15, 0.2) is 0 Å². The van der Waals surface area contributed by atoms with E-state index in [2.05, 4.69) is 122 Å². The number of hydrogen-bond donors (Lipinski definition) is 2. The van der Waals surface area contributed by atoms with Gasteiger partial charge >= 0.3 is 0 Å². The molecular weight excluding hydrogens is 490 g/mol. The summed E-state index contributed by atoms with van der Waals surface area (Å²) in [5.41, 5.74) is 9.06. The molecular formula is C36H33N3O. The van der Waals surface area contributed by atoms with Gasteiger partial charge in [-0.2, -0.15) is 0 Å². The van der Waals surface area contributed by atoms with Crippen LogP contribution >= 0.6 is 0 Å². The molecule has 0 fully saturated rings. The minimum atomic E-state index is -0.441. The molecule has 0 spiro atoms. The molecule has 0 unspecified atom stereocenters. The summed E-state index contributed by atoms with van der Waals surface area (Å²) in [4.78, 5) is 0. The molecule has 1 heterocycles. The lowest BCUT2D eigenvalue weighted by Gasteiger charge is -2.33. The van der Waals surface area contributed by atoms with E-state index in [4.69, 9.17) is 0 Å². The van der Waals surface area contributed by atoms with Gasteiger partial charge in [0.2, 0.25) is 0 Å². The number of H-pyrrole nitrogens is 1. The summed E-state index contributed by atoms with van der Waals surface area (Å²) in [6, 6.07) is 39.6. The van der Waals surface area contributed by atoms with E-state index < -0.39 is 5.41 Å². The Kier molecular flexibility index (Phi) is 6.26. The molecule has 198 valence electrons. The van der Waals surface area contributed by atoms with E-state index in [0.29, 0.717) is 5.75 Å². The molecule has 6 aromatic rings. The zero-order valence-electron chi connectivity index (χ0n) is 23.3. The molecule has 40 heavy (non-hydrogen) atoms. The van der Waals surface area contributed by atoms with Crippen molar-refractivity contribution >= 4 is 11.0 Å². The first-order chi connectivity index (χ1) is 19.3. The summed E-state index contributed by atoms with van der Waals surface area (Å²) in [5.74, 6) is 0.293. The fourth-order valence-electron chi connectivity index (χ4n) is 5.75. The monoisotopic (exact) mass is 523 g/mol. The summed E-state index contributed by atoms with van der Waals surface area (Å²) in [6.07, 6.45) is 0. The van der Waals surface area contributed by atoms with Crippen molar-refractivity contribution in [3.05, 3.63) is 138 Å². The molecule has 0 bridgehead atoms. The molecule has 0 atom stereocenters. The van der Waals surface area contributed by atoms with E-state index in [-0.39, 0.29) is 5.41 Å². The van der Waals surface area contributed by atoms with Crippen molar-refractivity contribution in [2.24, 2.45) is 0 Å². The normalized spacial score (nSPS) is 12.1. The van der Waals surface area contributed by atoms with Crippen LogP contribution in [0.3, 0.4) is 0 Å². The standard InChI is InChI=1S/C36H33N3O/c1-35(2,24-14-7-5-8-15-24)26-22-30(34(40)31(23-26)36(3,4)25-16-9-6-10-17-25)28-19-12-11-18-27(28)29-20-13-21-32-33(29)38-39-37-32/h5-23,40H,1-4H3,(H,37,38,39). The number of fused-ring (bicyclic) bond motifs is 1. The maximum absolute atomic E-state index is 12.1. The van der Waals surface area contributed by atoms with Gasteiger partial charge in [0.25, 0.3) is 0 Å². The minimum Gasteiger partial charge on any atom is -0.507 e. The number of nitrogens with zero attached hydrogens (tertiary/aromatic N) is 2. The number of nitrogens with one attached hydrogen (secondary N) is 1. The summed E-state index contributed by atoms with van der Waals surface area (Å²) in [6.45, 7) is 8.87. The summed E-state index contributed by atoms with van der Waals surface area (Å²) >= 11 is 0. The average molecular weight is 524 g/mol. The predicted molar refractivity (Wildman–Crippen MR) is 164 cm³/mol. The number of aromatic amines is 1. The highest BCUT2D eigenvalue weighted by Gasteiger charge is 2.32. The van der Waals surface area contributed by atoms with E-state index >= 15 is 0 Å². The van der Waals surface area contributed by atoms with Crippen molar-refractivity contribution in [2.75, 3.05) is 0 Å². The van der Waals surface area contributed by atoms with Gasteiger partial charge < -0.3 is 5.11 Å². The van der Waals surface area contributed by atoms with Gasteiger partial charge in [0.1, 0.15) is 11.3 Å². The maximum Gasteiger partial charge on any atom is 0.127 e. The SMILES string of the molecule is CC(C)(c1ccccc1)c1cc(-c2ccccc2-c2cccc3[nH]nnc23)c(O)c(C(C)(C)c2ccccc2)c1. The van der Waals surface area contributed by atoms with Crippen LogP contribution in [0, 0.1) is 0 Å². The Hall–Kier alpha value is -4.70. The van der Waals surface area contributed by atoms with Crippen LogP contribution < -0.4 is 0 Å². The molecule has 4 heteroatoms. The molecule has 0 saturated carbocycles. The third-order valence-corrected chi connectivity index (χ3v) is 8.36. The first kappa shape index (κ1) is 25.6. The average Bonchev–Trinajstić information content (AvgIpc) is 3.47. The van der Waals surface area contributed by atoms with Crippen LogP contribution in [0.2, 0.25) is 0 Å². The van der Waals surface area contributed by atoms with Crippen molar-refractivity contribution in [2.45, 2.75) is 38.5 Å². The quantitative estimate of drug-likeness (QED) is 0.230. The highest BCUT2D eigenvalue weighted by Crippen LogP contribution is 2.48. The van der Waals surface area contributed by atoms with Crippen LogP contribution in [-0.2, 0) is 10.8 Å². The summed E-state index contributed by atoms with van der Waals surface area (Å²) in [7, 11) is 0. The highest BCUT2D eigenvalue weighted by molar-refractivity contribution is 5.97. The molecule has 2 N–H and O–H groups in total. The molecule has 0 amide bonds. The van der Waals surface area contributed by atoms with Gasteiger partial charge in [0, 0.05) is 27.5 Å². The third kappa shape index (κ3) is 4.26. The van der Waals surface area contributed by atoms with Gasteiger partial charge in [0.05, 0.1) is 5.52 Å². The Labute approximate surface area is 235 Å². The first-order valence-corrected chi connectivity index (χ1v) is 13.7. The molecule has 6 rings (SSSR count). The van der Waals surface area contributed by atoms with Crippen molar-refractivity contribution in [3.8, 4) is 28.0 Å². The molecule has 1 aromatic heterocycles. The van der Waals surface area contributed by atoms with Gasteiger partial charge in [-0.15, -0.1) is 5.10 Å². The minimum absolute atomic E-state index is 0.293. The lowest BCUT2D eigenvalue weighted by atomic mass is 9.71. The fraction of sp³-hybridized carbons (Fsp3) is 0.167.